The molecule has 1 amide bonds. The highest BCUT2D eigenvalue weighted by Gasteiger charge is 2.16. The van der Waals surface area contributed by atoms with Crippen LogP contribution in [-0.4, -0.2) is 41.7 Å². The zero-order valence-electron chi connectivity index (χ0n) is 12.8. The number of ether oxygens (including phenoxy) is 1. The Kier molecular flexibility index (Phi) is 6.52. The molecule has 1 N–H and O–H groups in total. The van der Waals surface area contributed by atoms with Gasteiger partial charge >= 0.3 is 0 Å². The number of hydrogen-bond donors (Lipinski definition) is 1. The molecule has 0 bridgehead atoms. The standard InChI is InChI=1S/C16H25NO3/c1-12(2)17(8-5-9-18)16(19)11-20-15-7-6-13(3)14(4)10-15/h6-7,10,12,18H,5,8-9,11H2,1-4H3. The average Bonchev–Trinajstić information content (AvgIpc) is 2.40. The lowest BCUT2D eigenvalue weighted by Gasteiger charge is -2.26. The lowest BCUT2D eigenvalue weighted by atomic mass is 10.1. The topological polar surface area (TPSA) is 49.8 Å². The van der Waals surface area contributed by atoms with Gasteiger partial charge < -0.3 is 14.7 Å². The van der Waals surface area contributed by atoms with Crippen LogP contribution < -0.4 is 4.74 Å². The SMILES string of the molecule is Cc1ccc(OCC(=O)N(CCCO)C(C)C)cc1C. The summed E-state index contributed by atoms with van der Waals surface area (Å²) >= 11 is 0. The molecular formula is C16H25NO3. The Labute approximate surface area is 121 Å². The Hall–Kier alpha value is -1.55. The van der Waals surface area contributed by atoms with Crippen LogP contribution in [0.4, 0.5) is 0 Å². The van der Waals surface area contributed by atoms with Crippen LogP contribution in [0.1, 0.15) is 31.4 Å². The summed E-state index contributed by atoms with van der Waals surface area (Å²) < 4.78 is 5.56. The number of carbonyl (C=O) groups excluding carboxylic acids is 1. The number of amides is 1. The van der Waals surface area contributed by atoms with Gasteiger partial charge in [0.05, 0.1) is 0 Å². The number of benzene rings is 1. The first-order valence-electron chi connectivity index (χ1n) is 7.06. The molecule has 0 atom stereocenters. The predicted molar refractivity (Wildman–Crippen MR) is 80.0 cm³/mol. The van der Waals surface area contributed by atoms with Crippen LogP contribution in [-0.2, 0) is 4.79 Å². The highest BCUT2D eigenvalue weighted by atomic mass is 16.5. The van der Waals surface area contributed by atoms with Gasteiger partial charge in [0.2, 0.25) is 0 Å². The van der Waals surface area contributed by atoms with Crippen molar-refractivity contribution in [1.29, 1.82) is 0 Å². The van der Waals surface area contributed by atoms with E-state index in [0.29, 0.717) is 18.7 Å². The lowest BCUT2D eigenvalue weighted by molar-refractivity contribution is -0.135. The highest BCUT2D eigenvalue weighted by Crippen LogP contribution is 2.16. The van der Waals surface area contributed by atoms with E-state index in [9.17, 15) is 4.79 Å². The largest absolute Gasteiger partial charge is 0.484 e. The van der Waals surface area contributed by atoms with Gasteiger partial charge in [-0.2, -0.15) is 0 Å². The van der Waals surface area contributed by atoms with Gasteiger partial charge in [0.25, 0.3) is 5.91 Å². The van der Waals surface area contributed by atoms with E-state index in [2.05, 4.69) is 0 Å². The highest BCUT2D eigenvalue weighted by molar-refractivity contribution is 5.78. The minimum Gasteiger partial charge on any atom is -0.484 e. The zero-order valence-corrected chi connectivity index (χ0v) is 12.8. The molecule has 0 heterocycles. The molecule has 112 valence electrons. The summed E-state index contributed by atoms with van der Waals surface area (Å²) in [5.74, 6) is 0.666. The summed E-state index contributed by atoms with van der Waals surface area (Å²) in [7, 11) is 0. The molecule has 0 fully saturated rings. The van der Waals surface area contributed by atoms with E-state index in [4.69, 9.17) is 9.84 Å². The Bertz CT molecular complexity index is 443. The minimum atomic E-state index is -0.0494. The number of carbonyl (C=O) groups is 1. The smallest absolute Gasteiger partial charge is 0.260 e. The van der Waals surface area contributed by atoms with Gasteiger partial charge in [0.15, 0.2) is 6.61 Å². The van der Waals surface area contributed by atoms with Gasteiger partial charge in [0.1, 0.15) is 5.75 Å². The minimum absolute atomic E-state index is 0.0338. The van der Waals surface area contributed by atoms with Crippen molar-refractivity contribution in [3.05, 3.63) is 29.3 Å². The Morgan fingerprint density at radius 1 is 1.30 bits per heavy atom. The van der Waals surface area contributed by atoms with Gasteiger partial charge in [-0.15, -0.1) is 0 Å². The summed E-state index contributed by atoms with van der Waals surface area (Å²) in [5.41, 5.74) is 2.35. The van der Waals surface area contributed by atoms with Crippen molar-refractivity contribution in [3.8, 4) is 5.75 Å². The molecule has 4 nitrogen and oxygen atoms in total. The van der Waals surface area contributed by atoms with Crippen LogP contribution in [0, 0.1) is 13.8 Å². The van der Waals surface area contributed by atoms with Crippen LogP contribution in [0.5, 0.6) is 5.75 Å². The number of aliphatic hydroxyl groups excluding tert-OH is 1. The molecule has 20 heavy (non-hydrogen) atoms. The molecule has 0 saturated carbocycles. The summed E-state index contributed by atoms with van der Waals surface area (Å²) in [6, 6.07) is 5.91. The summed E-state index contributed by atoms with van der Waals surface area (Å²) in [4.78, 5) is 13.9. The first-order valence-corrected chi connectivity index (χ1v) is 7.06. The van der Waals surface area contributed by atoms with E-state index in [1.807, 2.05) is 45.9 Å². The maximum Gasteiger partial charge on any atom is 0.260 e. The van der Waals surface area contributed by atoms with E-state index in [1.165, 1.54) is 5.56 Å². The molecule has 1 rings (SSSR count). The van der Waals surface area contributed by atoms with Gasteiger partial charge in [-0.05, 0) is 57.4 Å². The summed E-state index contributed by atoms with van der Waals surface area (Å²) in [6.07, 6.45) is 0.591. The summed E-state index contributed by atoms with van der Waals surface area (Å²) in [5, 5.41) is 8.87. The second-order valence-corrected chi connectivity index (χ2v) is 5.29. The van der Waals surface area contributed by atoms with E-state index < -0.39 is 0 Å². The van der Waals surface area contributed by atoms with Crippen molar-refractivity contribution in [2.24, 2.45) is 0 Å². The van der Waals surface area contributed by atoms with Crippen molar-refractivity contribution in [3.63, 3.8) is 0 Å². The first kappa shape index (κ1) is 16.5. The average molecular weight is 279 g/mol. The van der Waals surface area contributed by atoms with Gasteiger partial charge in [0, 0.05) is 19.2 Å². The Morgan fingerprint density at radius 3 is 2.55 bits per heavy atom. The van der Waals surface area contributed by atoms with Crippen molar-refractivity contribution in [1.82, 2.24) is 4.90 Å². The van der Waals surface area contributed by atoms with Gasteiger partial charge in [-0.25, -0.2) is 0 Å². The second-order valence-electron chi connectivity index (χ2n) is 5.29. The molecule has 1 aromatic carbocycles. The molecule has 0 aliphatic rings. The van der Waals surface area contributed by atoms with Crippen molar-refractivity contribution in [2.45, 2.75) is 40.2 Å². The first-order chi connectivity index (χ1) is 9.45. The predicted octanol–water partition coefficient (Wildman–Crippen LogP) is 2.30. The Morgan fingerprint density at radius 2 is 2.00 bits per heavy atom. The number of rotatable bonds is 7. The molecule has 1 aromatic rings. The number of aryl methyl sites for hydroxylation is 2. The molecule has 0 spiro atoms. The summed E-state index contributed by atoms with van der Waals surface area (Å²) in [6.45, 7) is 8.67. The van der Waals surface area contributed by atoms with Crippen LogP contribution in [0.25, 0.3) is 0 Å². The fraction of sp³-hybridized carbons (Fsp3) is 0.562. The van der Waals surface area contributed by atoms with Crippen LogP contribution in [0.2, 0.25) is 0 Å². The van der Waals surface area contributed by atoms with Gasteiger partial charge in [-0.1, -0.05) is 6.07 Å². The number of aliphatic hydroxyl groups is 1. The molecule has 0 unspecified atom stereocenters. The third-order valence-electron chi connectivity index (χ3n) is 3.34. The van der Waals surface area contributed by atoms with E-state index in [1.54, 1.807) is 4.90 Å². The number of nitrogens with zero attached hydrogens (tertiary/aromatic N) is 1. The quantitative estimate of drug-likeness (QED) is 0.833. The van der Waals surface area contributed by atoms with Crippen LogP contribution in [0.3, 0.4) is 0 Å². The third kappa shape index (κ3) is 4.85. The molecule has 0 aliphatic heterocycles. The maximum atomic E-state index is 12.1. The fourth-order valence-corrected chi connectivity index (χ4v) is 1.94. The monoisotopic (exact) mass is 279 g/mol. The van der Waals surface area contributed by atoms with E-state index in [-0.39, 0.29) is 25.2 Å². The third-order valence-corrected chi connectivity index (χ3v) is 3.34. The molecular weight excluding hydrogens is 254 g/mol. The lowest BCUT2D eigenvalue weighted by Crippen LogP contribution is -2.40. The maximum absolute atomic E-state index is 12.1. The van der Waals surface area contributed by atoms with Crippen LogP contribution >= 0.6 is 0 Å². The second kappa shape index (κ2) is 7.90. The molecule has 0 radical (unpaired) electrons. The molecule has 0 saturated heterocycles. The molecule has 0 aliphatic carbocycles. The van der Waals surface area contributed by atoms with Crippen molar-refractivity contribution in [2.75, 3.05) is 19.8 Å². The Balaban J connectivity index is 2.57. The van der Waals surface area contributed by atoms with Crippen molar-refractivity contribution < 1.29 is 14.6 Å². The molecule has 0 aromatic heterocycles. The van der Waals surface area contributed by atoms with Crippen LogP contribution in [0.15, 0.2) is 18.2 Å². The van der Waals surface area contributed by atoms with Gasteiger partial charge in [-0.3, -0.25) is 4.79 Å². The molecule has 4 heteroatoms. The number of hydrogen-bond acceptors (Lipinski definition) is 3. The van der Waals surface area contributed by atoms with E-state index in [0.717, 1.165) is 5.56 Å². The van der Waals surface area contributed by atoms with E-state index >= 15 is 0 Å². The zero-order chi connectivity index (χ0) is 15.1. The fourth-order valence-electron chi connectivity index (χ4n) is 1.94. The van der Waals surface area contributed by atoms with Crippen molar-refractivity contribution >= 4 is 5.91 Å². The normalized spacial score (nSPS) is 10.7.